The second-order valence-electron chi connectivity index (χ2n) is 4.31. The Labute approximate surface area is 118 Å². The third kappa shape index (κ3) is 3.71. The number of hydrogen-bond acceptors (Lipinski definition) is 4. The molecule has 1 aromatic heterocycles. The van der Waals surface area contributed by atoms with Gasteiger partial charge in [-0.25, -0.2) is 0 Å². The van der Waals surface area contributed by atoms with Crippen molar-refractivity contribution >= 4 is 17.3 Å². The zero-order chi connectivity index (χ0) is 14.4. The highest BCUT2D eigenvalue weighted by atomic mass is 16.5. The third-order valence-electron chi connectivity index (χ3n) is 2.73. The van der Waals surface area contributed by atoms with E-state index in [1.54, 1.807) is 13.3 Å². The van der Waals surface area contributed by atoms with E-state index in [0.717, 1.165) is 11.3 Å². The number of carbonyl (C=O) groups excluding carboxylic acids is 1. The highest BCUT2D eigenvalue weighted by molar-refractivity contribution is 5.90. The molecule has 0 atom stereocenters. The molecular weight excluding hydrogens is 254 g/mol. The topological polar surface area (TPSA) is 63.2 Å². The summed E-state index contributed by atoms with van der Waals surface area (Å²) < 4.78 is 5.27. The minimum absolute atomic E-state index is 0.126. The van der Waals surface area contributed by atoms with Gasteiger partial charge in [0, 0.05) is 37.6 Å². The number of methoxy groups -OCH3 is 1. The first-order valence-electron chi connectivity index (χ1n) is 6.27. The summed E-state index contributed by atoms with van der Waals surface area (Å²) in [4.78, 5) is 15.2. The molecule has 0 aliphatic rings. The summed E-state index contributed by atoms with van der Waals surface area (Å²) in [5, 5.41) is 6.01. The Kier molecular flexibility index (Phi) is 4.55. The molecule has 104 valence electrons. The number of pyridine rings is 1. The molecule has 2 rings (SSSR count). The van der Waals surface area contributed by atoms with Gasteiger partial charge < -0.3 is 15.4 Å². The van der Waals surface area contributed by atoms with Crippen molar-refractivity contribution in [1.29, 1.82) is 0 Å². The zero-order valence-electron chi connectivity index (χ0n) is 11.5. The summed E-state index contributed by atoms with van der Waals surface area (Å²) >= 11 is 0. The van der Waals surface area contributed by atoms with Gasteiger partial charge in [-0.05, 0) is 23.8 Å². The van der Waals surface area contributed by atoms with Crippen LogP contribution in [0.15, 0.2) is 42.7 Å². The van der Waals surface area contributed by atoms with E-state index in [-0.39, 0.29) is 5.91 Å². The molecule has 2 N–H and O–H groups in total. The standard InChI is InChI=1S/C15H17N3O2/c1-11(19)18-14-6-5-13(8-15(14)20-2)17-10-12-4-3-7-16-9-12/h3-9,17H,10H2,1-2H3,(H,18,19). The summed E-state index contributed by atoms with van der Waals surface area (Å²) in [7, 11) is 1.57. The quantitative estimate of drug-likeness (QED) is 0.877. The molecule has 0 bridgehead atoms. The highest BCUT2D eigenvalue weighted by Crippen LogP contribution is 2.28. The van der Waals surface area contributed by atoms with Crippen LogP contribution in [0.4, 0.5) is 11.4 Å². The smallest absolute Gasteiger partial charge is 0.221 e. The number of benzene rings is 1. The Bertz CT molecular complexity index is 585. The first kappa shape index (κ1) is 13.9. The lowest BCUT2D eigenvalue weighted by molar-refractivity contribution is -0.114. The number of ether oxygens (including phenoxy) is 1. The molecule has 0 aliphatic heterocycles. The van der Waals surface area contributed by atoms with E-state index in [2.05, 4.69) is 15.6 Å². The van der Waals surface area contributed by atoms with Crippen LogP contribution in [0.25, 0.3) is 0 Å². The molecule has 5 heteroatoms. The molecule has 0 fully saturated rings. The number of aromatic nitrogens is 1. The van der Waals surface area contributed by atoms with Crippen LogP contribution in [0.5, 0.6) is 5.75 Å². The maximum atomic E-state index is 11.1. The van der Waals surface area contributed by atoms with E-state index in [1.165, 1.54) is 6.92 Å². The van der Waals surface area contributed by atoms with Crippen molar-refractivity contribution in [2.24, 2.45) is 0 Å². The van der Waals surface area contributed by atoms with Crippen LogP contribution in [0.2, 0.25) is 0 Å². The van der Waals surface area contributed by atoms with E-state index in [4.69, 9.17) is 4.74 Å². The first-order valence-corrected chi connectivity index (χ1v) is 6.27. The number of nitrogens with one attached hydrogen (secondary N) is 2. The number of carbonyl (C=O) groups is 1. The summed E-state index contributed by atoms with van der Waals surface area (Å²) in [6.07, 6.45) is 3.56. The molecule has 0 saturated heterocycles. The van der Waals surface area contributed by atoms with Crippen molar-refractivity contribution in [2.45, 2.75) is 13.5 Å². The number of anilines is 2. The van der Waals surface area contributed by atoms with Gasteiger partial charge in [0.15, 0.2) is 0 Å². The SMILES string of the molecule is COc1cc(NCc2cccnc2)ccc1NC(C)=O. The predicted octanol–water partition coefficient (Wildman–Crippen LogP) is 2.66. The molecule has 0 spiro atoms. The first-order chi connectivity index (χ1) is 9.69. The van der Waals surface area contributed by atoms with Crippen LogP contribution >= 0.6 is 0 Å². The molecule has 20 heavy (non-hydrogen) atoms. The maximum absolute atomic E-state index is 11.1. The fraction of sp³-hybridized carbons (Fsp3) is 0.200. The minimum atomic E-state index is -0.126. The Balaban J connectivity index is 2.07. The van der Waals surface area contributed by atoms with Gasteiger partial charge in [-0.3, -0.25) is 9.78 Å². The van der Waals surface area contributed by atoms with Crippen molar-refractivity contribution in [2.75, 3.05) is 17.7 Å². The predicted molar refractivity (Wildman–Crippen MR) is 78.9 cm³/mol. The Hall–Kier alpha value is -2.56. The van der Waals surface area contributed by atoms with Crippen molar-refractivity contribution < 1.29 is 9.53 Å². The average molecular weight is 271 g/mol. The van der Waals surface area contributed by atoms with Gasteiger partial charge >= 0.3 is 0 Å². The van der Waals surface area contributed by atoms with Crippen LogP contribution in [0.1, 0.15) is 12.5 Å². The monoisotopic (exact) mass is 271 g/mol. The number of rotatable bonds is 5. The van der Waals surface area contributed by atoms with Gasteiger partial charge in [0.2, 0.25) is 5.91 Å². The molecule has 0 radical (unpaired) electrons. The minimum Gasteiger partial charge on any atom is -0.494 e. The fourth-order valence-electron chi connectivity index (χ4n) is 1.80. The van der Waals surface area contributed by atoms with E-state index in [0.29, 0.717) is 18.0 Å². The molecule has 2 aromatic rings. The van der Waals surface area contributed by atoms with E-state index < -0.39 is 0 Å². The van der Waals surface area contributed by atoms with Gasteiger partial charge in [-0.2, -0.15) is 0 Å². The highest BCUT2D eigenvalue weighted by Gasteiger charge is 2.05. The van der Waals surface area contributed by atoms with Gasteiger partial charge in [0.05, 0.1) is 12.8 Å². The molecule has 1 heterocycles. The van der Waals surface area contributed by atoms with Crippen molar-refractivity contribution in [3.8, 4) is 5.75 Å². The Morgan fingerprint density at radius 1 is 1.35 bits per heavy atom. The molecule has 0 saturated carbocycles. The normalized spacial score (nSPS) is 9.90. The number of amides is 1. The number of hydrogen-bond donors (Lipinski definition) is 2. The summed E-state index contributed by atoms with van der Waals surface area (Å²) in [6.45, 7) is 2.14. The number of nitrogens with zero attached hydrogens (tertiary/aromatic N) is 1. The Morgan fingerprint density at radius 2 is 2.20 bits per heavy atom. The van der Waals surface area contributed by atoms with E-state index >= 15 is 0 Å². The lowest BCUT2D eigenvalue weighted by Crippen LogP contribution is -2.07. The van der Waals surface area contributed by atoms with Crippen LogP contribution in [-0.4, -0.2) is 18.0 Å². The second kappa shape index (κ2) is 6.56. The van der Waals surface area contributed by atoms with Crippen molar-refractivity contribution in [3.05, 3.63) is 48.3 Å². The van der Waals surface area contributed by atoms with Crippen molar-refractivity contribution in [1.82, 2.24) is 4.98 Å². The van der Waals surface area contributed by atoms with Crippen LogP contribution < -0.4 is 15.4 Å². The molecule has 0 aliphatic carbocycles. The summed E-state index contributed by atoms with van der Waals surface area (Å²) in [5.41, 5.74) is 2.67. The molecular formula is C15H17N3O2. The van der Waals surface area contributed by atoms with Gasteiger partial charge in [-0.1, -0.05) is 6.07 Å². The zero-order valence-corrected chi connectivity index (χ0v) is 11.5. The lowest BCUT2D eigenvalue weighted by atomic mass is 10.2. The van der Waals surface area contributed by atoms with Crippen LogP contribution in [-0.2, 0) is 11.3 Å². The van der Waals surface area contributed by atoms with E-state index in [9.17, 15) is 4.79 Å². The van der Waals surface area contributed by atoms with Gasteiger partial charge in [-0.15, -0.1) is 0 Å². The molecule has 0 unspecified atom stereocenters. The maximum Gasteiger partial charge on any atom is 0.221 e. The van der Waals surface area contributed by atoms with Crippen LogP contribution in [0.3, 0.4) is 0 Å². The van der Waals surface area contributed by atoms with E-state index in [1.807, 2.05) is 36.5 Å². The average Bonchev–Trinajstić information content (AvgIpc) is 2.46. The third-order valence-corrected chi connectivity index (χ3v) is 2.73. The van der Waals surface area contributed by atoms with Crippen molar-refractivity contribution in [3.63, 3.8) is 0 Å². The fourth-order valence-corrected chi connectivity index (χ4v) is 1.80. The largest absolute Gasteiger partial charge is 0.494 e. The molecule has 1 aromatic carbocycles. The van der Waals surface area contributed by atoms with Crippen LogP contribution in [0, 0.1) is 0 Å². The van der Waals surface area contributed by atoms with Gasteiger partial charge in [0.25, 0.3) is 0 Å². The summed E-state index contributed by atoms with van der Waals surface area (Å²) in [6, 6.07) is 9.46. The molecule has 5 nitrogen and oxygen atoms in total. The Morgan fingerprint density at radius 3 is 2.85 bits per heavy atom. The van der Waals surface area contributed by atoms with Gasteiger partial charge in [0.1, 0.15) is 5.75 Å². The summed E-state index contributed by atoms with van der Waals surface area (Å²) in [5.74, 6) is 0.496. The second-order valence-corrected chi connectivity index (χ2v) is 4.31. The molecule has 1 amide bonds. The lowest BCUT2D eigenvalue weighted by Gasteiger charge is -2.12.